The van der Waals surface area contributed by atoms with E-state index in [1.54, 1.807) is 12.3 Å². The first-order valence-electron chi connectivity index (χ1n) is 8.66. The van der Waals surface area contributed by atoms with Gasteiger partial charge < -0.3 is 19.7 Å². The number of anilines is 1. The molecule has 144 valence electrons. The van der Waals surface area contributed by atoms with Gasteiger partial charge in [-0.05, 0) is 30.7 Å². The zero-order chi connectivity index (χ0) is 19.2. The molecule has 1 fully saturated rings. The van der Waals surface area contributed by atoms with E-state index in [4.69, 9.17) is 4.74 Å². The van der Waals surface area contributed by atoms with Gasteiger partial charge in [0.25, 0.3) is 5.91 Å². The van der Waals surface area contributed by atoms with Crippen molar-refractivity contribution in [1.82, 2.24) is 10.3 Å². The fraction of sp³-hybridized carbons (Fsp3) is 0.368. The van der Waals surface area contributed by atoms with E-state index in [1.165, 1.54) is 18.2 Å². The van der Waals surface area contributed by atoms with Crippen LogP contribution in [0.1, 0.15) is 22.8 Å². The molecule has 1 saturated heterocycles. The lowest BCUT2D eigenvalue weighted by atomic mass is 10.2. The summed E-state index contributed by atoms with van der Waals surface area (Å²) in [6, 6.07) is 9.67. The van der Waals surface area contributed by atoms with Gasteiger partial charge in [-0.1, -0.05) is 18.2 Å². The molecule has 0 bridgehead atoms. The number of aromatic nitrogens is 1. The molecule has 0 saturated carbocycles. The number of nitrogens with zero attached hydrogens (tertiary/aromatic N) is 2. The van der Waals surface area contributed by atoms with Crippen LogP contribution in [-0.2, 0) is 11.3 Å². The summed E-state index contributed by atoms with van der Waals surface area (Å²) in [7, 11) is 0. The van der Waals surface area contributed by atoms with Crippen LogP contribution in [0.15, 0.2) is 42.6 Å². The largest absolute Gasteiger partial charge is 0.434 e. The molecule has 1 N–H and O–H groups in total. The first kappa shape index (κ1) is 19.0. The summed E-state index contributed by atoms with van der Waals surface area (Å²) in [6.07, 6.45) is 1.85. The number of para-hydroxylation sites is 1. The van der Waals surface area contributed by atoms with Crippen molar-refractivity contribution in [1.29, 1.82) is 0 Å². The SMILES string of the molecule is C[C@H]1CN(c2ccc(CNC(=O)c3ccccc3OC(F)F)cn2)CCO1. The van der Waals surface area contributed by atoms with E-state index in [-0.39, 0.29) is 24.0 Å². The van der Waals surface area contributed by atoms with E-state index in [9.17, 15) is 13.6 Å². The third-order valence-corrected chi connectivity index (χ3v) is 4.17. The van der Waals surface area contributed by atoms with E-state index in [2.05, 4.69) is 19.9 Å². The van der Waals surface area contributed by atoms with Crippen molar-refractivity contribution >= 4 is 11.7 Å². The Balaban J connectivity index is 1.59. The van der Waals surface area contributed by atoms with Crippen molar-refractivity contribution in [3.8, 4) is 5.75 Å². The van der Waals surface area contributed by atoms with Crippen LogP contribution in [0.2, 0.25) is 0 Å². The van der Waals surface area contributed by atoms with Crippen molar-refractivity contribution in [2.75, 3.05) is 24.6 Å². The molecule has 1 aliphatic heterocycles. The molecule has 0 aliphatic carbocycles. The number of amides is 1. The van der Waals surface area contributed by atoms with Crippen molar-refractivity contribution in [2.45, 2.75) is 26.2 Å². The first-order chi connectivity index (χ1) is 13.0. The summed E-state index contributed by atoms with van der Waals surface area (Å²) >= 11 is 0. The van der Waals surface area contributed by atoms with Gasteiger partial charge in [0.1, 0.15) is 11.6 Å². The molecular weight excluding hydrogens is 356 g/mol. The minimum Gasteiger partial charge on any atom is -0.434 e. The highest BCUT2D eigenvalue weighted by Crippen LogP contribution is 2.20. The van der Waals surface area contributed by atoms with Crippen LogP contribution in [0.5, 0.6) is 5.75 Å². The predicted octanol–water partition coefficient (Wildman–Crippen LogP) is 2.84. The van der Waals surface area contributed by atoms with Gasteiger partial charge in [-0.3, -0.25) is 4.79 Å². The van der Waals surface area contributed by atoms with E-state index >= 15 is 0 Å². The number of nitrogens with one attached hydrogen (secondary N) is 1. The second kappa shape index (κ2) is 8.77. The van der Waals surface area contributed by atoms with Gasteiger partial charge in [0, 0.05) is 25.8 Å². The van der Waals surface area contributed by atoms with Gasteiger partial charge in [-0.15, -0.1) is 0 Å². The quantitative estimate of drug-likeness (QED) is 0.839. The molecule has 1 aliphatic rings. The van der Waals surface area contributed by atoms with Crippen LogP contribution >= 0.6 is 0 Å². The lowest BCUT2D eigenvalue weighted by molar-refractivity contribution is -0.0501. The van der Waals surface area contributed by atoms with Gasteiger partial charge in [-0.25, -0.2) is 4.98 Å². The Bertz CT molecular complexity index is 771. The number of rotatable bonds is 6. The molecule has 6 nitrogen and oxygen atoms in total. The smallest absolute Gasteiger partial charge is 0.387 e. The standard InChI is InChI=1S/C19H21F2N3O3/c1-13-12-24(8-9-26-13)17-7-6-14(10-22-17)11-23-18(25)15-4-2-3-5-16(15)27-19(20)21/h2-7,10,13,19H,8-9,11-12H2,1H3,(H,23,25)/t13-/m0/s1. The third-order valence-electron chi connectivity index (χ3n) is 4.17. The summed E-state index contributed by atoms with van der Waals surface area (Å²) < 4.78 is 34.8. The van der Waals surface area contributed by atoms with E-state index < -0.39 is 12.5 Å². The third kappa shape index (κ3) is 5.13. The summed E-state index contributed by atoms with van der Waals surface area (Å²) in [6.45, 7) is 1.50. The Morgan fingerprint density at radius 3 is 2.89 bits per heavy atom. The minimum absolute atomic E-state index is 0.0599. The number of carbonyl (C=O) groups excluding carboxylic acids is 1. The van der Waals surface area contributed by atoms with Crippen molar-refractivity contribution in [3.63, 3.8) is 0 Å². The number of alkyl halides is 2. The van der Waals surface area contributed by atoms with Crippen LogP contribution in [0.4, 0.5) is 14.6 Å². The Labute approximate surface area is 156 Å². The lowest BCUT2D eigenvalue weighted by Gasteiger charge is -2.32. The molecule has 1 aromatic carbocycles. The maximum Gasteiger partial charge on any atom is 0.387 e. The number of pyridine rings is 1. The van der Waals surface area contributed by atoms with Gasteiger partial charge in [0.05, 0.1) is 18.3 Å². The first-order valence-corrected chi connectivity index (χ1v) is 8.66. The molecule has 1 atom stereocenters. The second-order valence-electron chi connectivity index (χ2n) is 6.21. The van der Waals surface area contributed by atoms with E-state index in [0.717, 1.165) is 24.5 Å². The van der Waals surface area contributed by atoms with Crippen LogP contribution in [0, 0.1) is 0 Å². The number of benzene rings is 1. The van der Waals surface area contributed by atoms with Crippen LogP contribution in [-0.4, -0.2) is 43.3 Å². The monoisotopic (exact) mass is 377 g/mol. The summed E-state index contributed by atoms with van der Waals surface area (Å²) in [5.41, 5.74) is 0.866. The summed E-state index contributed by atoms with van der Waals surface area (Å²) in [5.74, 6) is 0.216. The average Bonchev–Trinajstić information content (AvgIpc) is 2.66. The summed E-state index contributed by atoms with van der Waals surface area (Å²) in [5, 5.41) is 2.70. The van der Waals surface area contributed by atoms with Crippen molar-refractivity contribution < 1.29 is 23.0 Å². The number of hydrogen-bond donors (Lipinski definition) is 1. The fourth-order valence-corrected chi connectivity index (χ4v) is 2.87. The molecule has 1 amide bonds. The Morgan fingerprint density at radius 1 is 1.37 bits per heavy atom. The van der Waals surface area contributed by atoms with Crippen LogP contribution in [0.3, 0.4) is 0 Å². The highest BCUT2D eigenvalue weighted by Gasteiger charge is 2.18. The highest BCUT2D eigenvalue weighted by molar-refractivity contribution is 5.96. The molecule has 0 radical (unpaired) electrons. The fourth-order valence-electron chi connectivity index (χ4n) is 2.87. The number of ether oxygens (including phenoxy) is 2. The molecule has 27 heavy (non-hydrogen) atoms. The number of morpholine rings is 1. The Morgan fingerprint density at radius 2 is 2.19 bits per heavy atom. The number of hydrogen-bond acceptors (Lipinski definition) is 5. The van der Waals surface area contributed by atoms with Gasteiger partial charge in [-0.2, -0.15) is 8.78 Å². The molecule has 3 rings (SSSR count). The molecular formula is C19H21F2N3O3. The number of carbonyl (C=O) groups is 1. The maximum atomic E-state index is 12.5. The molecule has 0 spiro atoms. The van der Waals surface area contributed by atoms with Gasteiger partial charge in [0.15, 0.2) is 0 Å². The number of halogens is 2. The molecule has 1 aromatic heterocycles. The molecule has 2 aromatic rings. The molecule has 0 unspecified atom stereocenters. The van der Waals surface area contributed by atoms with E-state index in [1.807, 2.05) is 19.1 Å². The average molecular weight is 377 g/mol. The van der Waals surface area contributed by atoms with E-state index in [0.29, 0.717) is 6.61 Å². The Hall–Kier alpha value is -2.74. The normalized spacial score (nSPS) is 17.0. The second-order valence-corrected chi connectivity index (χ2v) is 6.21. The molecule has 2 heterocycles. The highest BCUT2D eigenvalue weighted by atomic mass is 19.3. The van der Waals surface area contributed by atoms with Crippen LogP contribution in [0.25, 0.3) is 0 Å². The van der Waals surface area contributed by atoms with Crippen molar-refractivity contribution in [2.24, 2.45) is 0 Å². The zero-order valence-electron chi connectivity index (χ0n) is 14.9. The topological polar surface area (TPSA) is 63.7 Å². The minimum atomic E-state index is -2.99. The van der Waals surface area contributed by atoms with Gasteiger partial charge in [0.2, 0.25) is 0 Å². The zero-order valence-corrected chi connectivity index (χ0v) is 14.9. The van der Waals surface area contributed by atoms with Gasteiger partial charge >= 0.3 is 6.61 Å². The predicted molar refractivity (Wildman–Crippen MR) is 96.1 cm³/mol. The summed E-state index contributed by atoms with van der Waals surface area (Å²) in [4.78, 5) is 18.9. The van der Waals surface area contributed by atoms with Crippen LogP contribution < -0.4 is 15.0 Å². The lowest BCUT2D eigenvalue weighted by Crippen LogP contribution is -2.41. The maximum absolute atomic E-state index is 12.5. The van der Waals surface area contributed by atoms with Crippen molar-refractivity contribution in [3.05, 3.63) is 53.7 Å². The Kier molecular flexibility index (Phi) is 6.18. The molecule has 8 heteroatoms.